The van der Waals surface area contributed by atoms with E-state index in [1.165, 1.54) is 0 Å². The number of hydrogen-bond acceptors (Lipinski definition) is 5. The third kappa shape index (κ3) is 3.28. The molecule has 26 heavy (non-hydrogen) atoms. The van der Waals surface area contributed by atoms with Crippen molar-refractivity contribution in [2.75, 3.05) is 29.9 Å². The normalized spacial score (nSPS) is 12.9. The van der Waals surface area contributed by atoms with Crippen LogP contribution in [0.25, 0.3) is 0 Å². The Kier molecular flexibility index (Phi) is 4.97. The van der Waals surface area contributed by atoms with E-state index in [9.17, 15) is 14.4 Å². The van der Waals surface area contributed by atoms with Gasteiger partial charge in [0.1, 0.15) is 12.4 Å². The van der Waals surface area contributed by atoms with Gasteiger partial charge in [-0.25, -0.2) is 4.98 Å². The molecule has 0 radical (unpaired) electrons. The maximum absolute atomic E-state index is 12.3. The highest BCUT2D eigenvalue weighted by molar-refractivity contribution is 6.22. The molecular weight excluding hydrogens is 332 g/mol. The number of aromatic nitrogens is 1. The smallest absolute Gasteiger partial charge is 0.262 e. The number of hydrogen-bond donors (Lipinski definition) is 1. The molecule has 1 aliphatic heterocycles. The van der Waals surface area contributed by atoms with E-state index in [0.717, 1.165) is 23.8 Å². The summed E-state index contributed by atoms with van der Waals surface area (Å²) in [5, 5.41) is 2.67. The van der Waals surface area contributed by atoms with Crippen LogP contribution in [0, 0.1) is 0 Å². The van der Waals surface area contributed by atoms with E-state index in [-0.39, 0.29) is 6.54 Å². The lowest BCUT2D eigenvalue weighted by atomic mass is 10.1. The molecule has 0 saturated carbocycles. The molecule has 3 amide bonds. The molecule has 7 heteroatoms. The summed E-state index contributed by atoms with van der Waals surface area (Å²) >= 11 is 0. The number of imide groups is 1. The van der Waals surface area contributed by atoms with E-state index in [2.05, 4.69) is 15.2 Å². The zero-order valence-corrected chi connectivity index (χ0v) is 14.7. The van der Waals surface area contributed by atoms with Gasteiger partial charge in [0.25, 0.3) is 11.8 Å². The number of fused-ring (bicyclic) bond motifs is 1. The molecule has 0 atom stereocenters. The number of amides is 3. The second-order valence-corrected chi connectivity index (χ2v) is 5.87. The van der Waals surface area contributed by atoms with Gasteiger partial charge in [-0.05, 0) is 38.1 Å². The van der Waals surface area contributed by atoms with Crippen molar-refractivity contribution in [2.24, 2.45) is 0 Å². The lowest BCUT2D eigenvalue weighted by Crippen LogP contribution is -2.37. The molecule has 1 N–H and O–H groups in total. The highest BCUT2D eigenvalue weighted by Crippen LogP contribution is 2.22. The molecule has 1 aromatic heterocycles. The van der Waals surface area contributed by atoms with Gasteiger partial charge < -0.3 is 10.2 Å². The fourth-order valence-electron chi connectivity index (χ4n) is 2.92. The van der Waals surface area contributed by atoms with Crippen molar-refractivity contribution in [3.63, 3.8) is 0 Å². The SMILES string of the molecule is CCN(CC)c1ccc(NC(=O)CN2C(=O)c3ccccc3C2=O)cn1. The minimum Gasteiger partial charge on any atom is -0.357 e. The topological polar surface area (TPSA) is 82.6 Å². The van der Waals surface area contributed by atoms with Gasteiger partial charge in [0.2, 0.25) is 5.91 Å². The Morgan fingerprint density at radius 3 is 2.15 bits per heavy atom. The molecule has 0 spiro atoms. The number of rotatable bonds is 6. The number of carbonyl (C=O) groups excluding carboxylic acids is 3. The van der Waals surface area contributed by atoms with Crippen molar-refractivity contribution in [3.05, 3.63) is 53.7 Å². The molecule has 2 heterocycles. The number of pyridine rings is 1. The van der Waals surface area contributed by atoms with Crippen molar-refractivity contribution in [3.8, 4) is 0 Å². The van der Waals surface area contributed by atoms with Gasteiger partial charge >= 0.3 is 0 Å². The Labute approximate surface area is 151 Å². The van der Waals surface area contributed by atoms with E-state index < -0.39 is 17.7 Å². The fourth-order valence-corrected chi connectivity index (χ4v) is 2.92. The second kappa shape index (κ2) is 7.35. The van der Waals surface area contributed by atoms with Crippen LogP contribution in [-0.4, -0.2) is 47.2 Å². The Balaban J connectivity index is 1.65. The van der Waals surface area contributed by atoms with Gasteiger partial charge in [-0.2, -0.15) is 0 Å². The van der Waals surface area contributed by atoms with Crippen LogP contribution in [0.15, 0.2) is 42.6 Å². The van der Waals surface area contributed by atoms with Crippen LogP contribution < -0.4 is 10.2 Å². The summed E-state index contributed by atoms with van der Waals surface area (Å²) < 4.78 is 0. The summed E-state index contributed by atoms with van der Waals surface area (Å²) in [5.41, 5.74) is 1.17. The van der Waals surface area contributed by atoms with Crippen molar-refractivity contribution < 1.29 is 14.4 Å². The quantitative estimate of drug-likeness (QED) is 0.806. The summed E-state index contributed by atoms with van der Waals surface area (Å²) in [6.07, 6.45) is 1.56. The molecular formula is C19H20N4O3. The predicted octanol–water partition coefficient (Wildman–Crippen LogP) is 2.16. The predicted molar refractivity (Wildman–Crippen MR) is 98.2 cm³/mol. The molecule has 7 nitrogen and oxygen atoms in total. The Morgan fingerprint density at radius 2 is 1.65 bits per heavy atom. The van der Waals surface area contributed by atoms with Crippen LogP contribution in [0.2, 0.25) is 0 Å². The molecule has 2 aromatic rings. The molecule has 0 unspecified atom stereocenters. The maximum Gasteiger partial charge on any atom is 0.262 e. The molecule has 0 saturated heterocycles. The lowest BCUT2D eigenvalue weighted by Gasteiger charge is -2.19. The van der Waals surface area contributed by atoms with E-state index in [0.29, 0.717) is 16.8 Å². The van der Waals surface area contributed by atoms with Crippen LogP contribution in [0.1, 0.15) is 34.6 Å². The highest BCUT2D eigenvalue weighted by atomic mass is 16.2. The van der Waals surface area contributed by atoms with Crippen LogP contribution >= 0.6 is 0 Å². The molecule has 0 bridgehead atoms. The monoisotopic (exact) mass is 352 g/mol. The first-order valence-electron chi connectivity index (χ1n) is 8.51. The van der Waals surface area contributed by atoms with Crippen LogP contribution in [0.3, 0.4) is 0 Å². The average molecular weight is 352 g/mol. The first kappa shape index (κ1) is 17.6. The number of nitrogens with one attached hydrogen (secondary N) is 1. The minimum absolute atomic E-state index is 0.329. The third-order valence-corrected chi connectivity index (χ3v) is 4.30. The maximum atomic E-state index is 12.3. The van der Waals surface area contributed by atoms with Crippen molar-refractivity contribution in [2.45, 2.75) is 13.8 Å². The minimum atomic E-state index is -0.448. The number of anilines is 2. The Bertz CT molecular complexity index is 809. The van der Waals surface area contributed by atoms with Gasteiger partial charge in [-0.3, -0.25) is 19.3 Å². The van der Waals surface area contributed by atoms with E-state index in [1.807, 2.05) is 19.9 Å². The fraction of sp³-hybridized carbons (Fsp3) is 0.263. The number of carbonyl (C=O) groups is 3. The number of benzene rings is 1. The average Bonchev–Trinajstić information content (AvgIpc) is 2.89. The summed E-state index contributed by atoms with van der Waals surface area (Å²) in [6.45, 7) is 5.44. The molecule has 134 valence electrons. The molecule has 1 aliphatic rings. The van der Waals surface area contributed by atoms with Crippen LogP contribution in [0.5, 0.6) is 0 Å². The summed E-state index contributed by atoms with van der Waals surface area (Å²) in [6, 6.07) is 10.1. The van der Waals surface area contributed by atoms with Gasteiger partial charge in [0.15, 0.2) is 0 Å². The first-order chi connectivity index (χ1) is 12.5. The van der Waals surface area contributed by atoms with Gasteiger partial charge in [0.05, 0.1) is 23.0 Å². The van der Waals surface area contributed by atoms with E-state index in [4.69, 9.17) is 0 Å². The Morgan fingerprint density at radius 1 is 1.04 bits per heavy atom. The summed E-state index contributed by atoms with van der Waals surface area (Å²) in [4.78, 5) is 44.2. The zero-order chi connectivity index (χ0) is 18.7. The molecule has 3 rings (SSSR count). The zero-order valence-electron chi connectivity index (χ0n) is 14.7. The van der Waals surface area contributed by atoms with Crippen LogP contribution in [0.4, 0.5) is 11.5 Å². The number of nitrogens with zero attached hydrogens (tertiary/aromatic N) is 3. The van der Waals surface area contributed by atoms with Crippen molar-refractivity contribution in [1.29, 1.82) is 0 Å². The van der Waals surface area contributed by atoms with Gasteiger partial charge in [-0.1, -0.05) is 12.1 Å². The summed E-state index contributed by atoms with van der Waals surface area (Å²) in [7, 11) is 0. The standard InChI is InChI=1S/C19H20N4O3/c1-3-22(4-2)16-10-9-13(11-20-16)21-17(24)12-23-18(25)14-7-5-6-8-15(14)19(23)26/h5-11H,3-4,12H2,1-2H3,(H,21,24). The Hall–Kier alpha value is -3.22. The highest BCUT2D eigenvalue weighted by Gasteiger charge is 2.36. The third-order valence-electron chi connectivity index (χ3n) is 4.30. The molecule has 1 aromatic carbocycles. The van der Waals surface area contributed by atoms with E-state index >= 15 is 0 Å². The van der Waals surface area contributed by atoms with E-state index in [1.54, 1.807) is 36.5 Å². The molecule has 0 aliphatic carbocycles. The summed E-state index contributed by atoms with van der Waals surface area (Å²) in [5.74, 6) is -0.517. The largest absolute Gasteiger partial charge is 0.357 e. The lowest BCUT2D eigenvalue weighted by molar-refractivity contribution is -0.116. The van der Waals surface area contributed by atoms with Crippen molar-refractivity contribution in [1.82, 2.24) is 9.88 Å². The second-order valence-electron chi connectivity index (χ2n) is 5.87. The van der Waals surface area contributed by atoms with Crippen LogP contribution in [-0.2, 0) is 4.79 Å². The first-order valence-corrected chi connectivity index (χ1v) is 8.51. The van der Waals surface area contributed by atoms with Gasteiger partial charge in [-0.15, -0.1) is 0 Å². The van der Waals surface area contributed by atoms with Gasteiger partial charge in [0, 0.05) is 13.1 Å². The van der Waals surface area contributed by atoms with Crippen molar-refractivity contribution >= 4 is 29.2 Å². The molecule has 0 fully saturated rings.